The Balaban J connectivity index is 1.49. The van der Waals surface area contributed by atoms with E-state index in [0.29, 0.717) is 30.5 Å². The Labute approximate surface area is 186 Å². The molecule has 160 valence electrons. The molecule has 0 aliphatic heterocycles. The third-order valence-electron chi connectivity index (χ3n) is 5.50. The lowest BCUT2D eigenvalue weighted by atomic mass is 10.1. The molecule has 0 atom stereocenters. The first-order valence-corrected chi connectivity index (χ1v) is 10.7. The first-order chi connectivity index (χ1) is 15.7. The van der Waals surface area contributed by atoms with E-state index in [2.05, 4.69) is 20.1 Å². The van der Waals surface area contributed by atoms with Gasteiger partial charge in [-0.05, 0) is 37.5 Å². The van der Waals surface area contributed by atoms with E-state index in [4.69, 9.17) is 4.52 Å². The Morgan fingerprint density at radius 2 is 1.88 bits per heavy atom. The van der Waals surface area contributed by atoms with Crippen molar-refractivity contribution in [3.05, 3.63) is 95.5 Å². The van der Waals surface area contributed by atoms with E-state index in [1.165, 1.54) is 0 Å². The number of nitrogens with zero attached hydrogens (tertiary/aromatic N) is 5. The van der Waals surface area contributed by atoms with Crippen LogP contribution >= 0.6 is 0 Å². The van der Waals surface area contributed by atoms with Gasteiger partial charge in [-0.2, -0.15) is 0 Å². The lowest BCUT2D eigenvalue weighted by Gasteiger charge is -2.23. The van der Waals surface area contributed by atoms with Crippen molar-refractivity contribution in [1.82, 2.24) is 25.0 Å². The van der Waals surface area contributed by atoms with E-state index in [-0.39, 0.29) is 5.91 Å². The molecule has 5 rings (SSSR count). The normalized spacial score (nSPS) is 13.2. The average molecular weight is 425 g/mol. The van der Waals surface area contributed by atoms with E-state index in [9.17, 15) is 4.79 Å². The number of hydrogen-bond acceptors (Lipinski definition) is 6. The molecule has 7 heteroatoms. The van der Waals surface area contributed by atoms with Crippen molar-refractivity contribution >= 4 is 5.91 Å². The van der Waals surface area contributed by atoms with Gasteiger partial charge in [0, 0.05) is 36.5 Å². The summed E-state index contributed by atoms with van der Waals surface area (Å²) in [6, 6.07) is 17.4. The van der Waals surface area contributed by atoms with Gasteiger partial charge >= 0.3 is 0 Å². The lowest BCUT2D eigenvalue weighted by molar-refractivity contribution is 0.0717. The molecule has 1 amide bonds. The number of aryl methyl sites for hydroxylation is 1. The van der Waals surface area contributed by atoms with Crippen LogP contribution in [-0.4, -0.2) is 30.9 Å². The number of amides is 1. The first kappa shape index (κ1) is 20.1. The standard InChI is InChI=1S/C25H23N5O2/c1-17-27-14-20(21-9-5-6-12-26-21)23(28-17)16-30(15-18-7-3-2-4-8-18)25(31)22-13-24(32-29-22)19-10-11-19/h2-9,12-14,19H,10-11,15-16H2,1H3. The first-order valence-electron chi connectivity index (χ1n) is 10.7. The SMILES string of the molecule is Cc1ncc(-c2ccccn2)c(CN(Cc2ccccc2)C(=O)c2cc(C3CC3)on2)n1. The summed E-state index contributed by atoms with van der Waals surface area (Å²) in [7, 11) is 0. The highest BCUT2D eigenvalue weighted by atomic mass is 16.5. The molecular formula is C25H23N5O2. The third-order valence-corrected chi connectivity index (χ3v) is 5.50. The smallest absolute Gasteiger partial charge is 0.276 e. The molecule has 7 nitrogen and oxygen atoms in total. The van der Waals surface area contributed by atoms with Gasteiger partial charge in [0.15, 0.2) is 5.69 Å². The summed E-state index contributed by atoms with van der Waals surface area (Å²) in [5, 5.41) is 4.07. The van der Waals surface area contributed by atoms with Crippen LogP contribution in [0.15, 0.2) is 71.5 Å². The maximum Gasteiger partial charge on any atom is 0.276 e. The molecule has 1 aromatic carbocycles. The highest BCUT2D eigenvalue weighted by Gasteiger charge is 2.30. The van der Waals surface area contributed by atoms with Crippen LogP contribution in [0, 0.1) is 6.92 Å². The molecule has 4 aromatic rings. The zero-order valence-corrected chi connectivity index (χ0v) is 17.8. The number of carbonyl (C=O) groups is 1. The van der Waals surface area contributed by atoms with Crippen molar-refractivity contribution in [1.29, 1.82) is 0 Å². The fraction of sp³-hybridized carbons (Fsp3) is 0.240. The largest absolute Gasteiger partial charge is 0.360 e. The summed E-state index contributed by atoms with van der Waals surface area (Å²) in [4.78, 5) is 28.7. The maximum atomic E-state index is 13.5. The van der Waals surface area contributed by atoms with Crippen LogP contribution in [0.4, 0.5) is 0 Å². The zero-order valence-electron chi connectivity index (χ0n) is 17.8. The van der Waals surface area contributed by atoms with Crippen molar-refractivity contribution < 1.29 is 9.32 Å². The van der Waals surface area contributed by atoms with Gasteiger partial charge in [-0.1, -0.05) is 41.6 Å². The Hall–Kier alpha value is -3.87. The number of benzene rings is 1. The molecule has 1 saturated carbocycles. The second kappa shape index (κ2) is 8.70. The number of pyridine rings is 1. The monoisotopic (exact) mass is 425 g/mol. The third kappa shape index (κ3) is 4.42. The molecule has 0 bridgehead atoms. The molecule has 0 unspecified atom stereocenters. The Morgan fingerprint density at radius 3 is 2.62 bits per heavy atom. The van der Waals surface area contributed by atoms with Gasteiger partial charge in [-0.25, -0.2) is 9.97 Å². The highest BCUT2D eigenvalue weighted by molar-refractivity contribution is 5.92. The second-order valence-electron chi connectivity index (χ2n) is 8.03. The van der Waals surface area contributed by atoms with Gasteiger partial charge < -0.3 is 9.42 Å². The van der Waals surface area contributed by atoms with Gasteiger partial charge in [0.2, 0.25) is 0 Å². The molecule has 1 aliphatic rings. The van der Waals surface area contributed by atoms with Gasteiger partial charge in [0.1, 0.15) is 11.6 Å². The molecular weight excluding hydrogens is 402 g/mol. The predicted molar refractivity (Wildman–Crippen MR) is 118 cm³/mol. The van der Waals surface area contributed by atoms with E-state index >= 15 is 0 Å². The van der Waals surface area contributed by atoms with Gasteiger partial charge in [-0.15, -0.1) is 0 Å². The predicted octanol–water partition coefficient (Wildman–Crippen LogP) is 4.56. The van der Waals surface area contributed by atoms with E-state index in [1.54, 1.807) is 23.4 Å². The fourth-order valence-corrected chi connectivity index (χ4v) is 3.67. The topological polar surface area (TPSA) is 85.0 Å². The van der Waals surface area contributed by atoms with Crippen molar-refractivity contribution in [3.8, 4) is 11.3 Å². The second-order valence-corrected chi connectivity index (χ2v) is 8.03. The minimum absolute atomic E-state index is 0.187. The zero-order chi connectivity index (χ0) is 21.9. The van der Waals surface area contributed by atoms with Crippen LogP contribution in [0.5, 0.6) is 0 Å². The summed E-state index contributed by atoms with van der Waals surface area (Å²) in [5.41, 5.74) is 3.67. The van der Waals surface area contributed by atoms with Crippen LogP contribution in [0.2, 0.25) is 0 Å². The maximum absolute atomic E-state index is 13.5. The summed E-state index contributed by atoms with van der Waals surface area (Å²) >= 11 is 0. The fourth-order valence-electron chi connectivity index (χ4n) is 3.67. The van der Waals surface area contributed by atoms with Crippen molar-refractivity contribution in [2.75, 3.05) is 0 Å². The number of aromatic nitrogens is 4. The summed E-state index contributed by atoms with van der Waals surface area (Å²) in [5.74, 6) is 1.64. The molecule has 3 aromatic heterocycles. The van der Waals surface area contributed by atoms with Crippen molar-refractivity contribution in [2.24, 2.45) is 0 Å². The number of hydrogen-bond donors (Lipinski definition) is 0. The molecule has 0 spiro atoms. The molecule has 0 saturated heterocycles. The van der Waals surface area contributed by atoms with Crippen molar-refractivity contribution in [3.63, 3.8) is 0 Å². The number of carbonyl (C=O) groups excluding carboxylic acids is 1. The molecule has 32 heavy (non-hydrogen) atoms. The van der Waals surface area contributed by atoms with E-state index in [1.807, 2.05) is 55.5 Å². The van der Waals surface area contributed by atoms with E-state index < -0.39 is 0 Å². The Kier molecular flexibility index (Phi) is 5.46. The molecule has 1 aliphatic carbocycles. The Morgan fingerprint density at radius 1 is 1.06 bits per heavy atom. The molecule has 0 radical (unpaired) electrons. The summed E-state index contributed by atoms with van der Waals surface area (Å²) < 4.78 is 5.44. The van der Waals surface area contributed by atoms with Gasteiger partial charge in [0.25, 0.3) is 5.91 Å². The molecule has 0 N–H and O–H groups in total. The van der Waals surface area contributed by atoms with Crippen LogP contribution < -0.4 is 0 Å². The van der Waals surface area contributed by atoms with Gasteiger partial charge in [0.05, 0.1) is 17.9 Å². The van der Waals surface area contributed by atoms with Crippen LogP contribution in [0.1, 0.15) is 52.1 Å². The van der Waals surface area contributed by atoms with Crippen LogP contribution in [0.3, 0.4) is 0 Å². The van der Waals surface area contributed by atoms with E-state index in [0.717, 1.165) is 41.1 Å². The minimum atomic E-state index is -0.187. The number of rotatable bonds is 7. The minimum Gasteiger partial charge on any atom is -0.360 e. The highest BCUT2D eigenvalue weighted by Crippen LogP contribution is 2.40. The van der Waals surface area contributed by atoms with Gasteiger partial charge in [-0.3, -0.25) is 9.78 Å². The quantitative estimate of drug-likeness (QED) is 0.432. The van der Waals surface area contributed by atoms with Crippen LogP contribution in [-0.2, 0) is 13.1 Å². The lowest BCUT2D eigenvalue weighted by Crippen LogP contribution is -2.31. The summed E-state index contributed by atoms with van der Waals surface area (Å²) in [6.07, 6.45) is 5.68. The molecule has 3 heterocycles. The summed E-state index contributed by atoms with van der Waals surface area (Å²) in [6.45, 7) is 2.57. The Bertz CT molecular complexity index is 1220. The van der Waals surface area contributed by atoms with Crippen molar-refractivity contribution in [2.45, 2.75) is 38.8 Å². The van der Waals surface area contributed by atoms with Crippen LogP contribution in [0.25, 0.3) is 11.3 Å². The average Bonchev–Trinajstić information content (AvgIpc) is 3.56. The molecule has 1 fully saturated rings.